The highest BCUT2D eigenvalue weighted by molar-refractivity contribution is 9.10. The quantitative estimate of drug-likeness (QED) is 0.756. The van der Waals surface area contributed by atoms with E-state index in [2.05, 4.69) is 26.2 Å². The summed E-state index contributed by atoms with van der Waals surface area (Å²) in [7, 11) is 0. The molecule has 0 radical (unpaired) electrons. The Morgan fingerprint density at radius 2 is 2.00 bits per heavy atom. The van der Waals surface area contributed by atoms with E-state index in [-0.39, 0.29) is 23.8 Å². The van der Waals surface area contributed by atoms with E-state index < -0.39 is 6.04 Å². The highest BCUT2D eigenvalue weighted by Gasteiger charge is 2.36. The standard InChI is InChI=1S/C20H25BrN4O2/c1-12(2)18(23-13(3)26)20(27)25-10-4-5-17(25)19-22-11-16(24-19)14-6-8-15(21)9-7-14/h6-9,11-12,17-18H,4-5,10H2,1-3H3,(H,22,24)(H,23,26)/t17-,18-/m0/s1. The predicted octanol–water partition coefficient (Wildman–Crippen LogP) is 3.66. The molecule has 7 heteroatoms. The van der Waals surface area contributed by atoms with Crippen molar-refractivity contribution < 1.29 is 9.59 Å². The van der Waals surface area contributed by atoms with Crippen molar-refractivity contribution in [3.05, 3.63) is 40.8 Å². The van der Waals surface area contributed by atoms with E-state index in [1.807, 2.05) is 49.2 Å². The smallest absolute Gasteiger partial charge is 0.246 e. The maximum atomic E-state index is 13.1. The first-order valence-electron chi connectivity index (χ1n) is 9.25. The third kappa shape index (κ3) is 4.40. The van der Waals surface area contributed by atoms with E-state index in [9.17, 15) is 9.59 Å². The fourth-order valence-corrected chi connectivity index (χ4v) is 3.77. The minimum atomic E-state index is -0.510. The van der Waals surface area contributed by atoms with Crippen LogP contribution in [0.2, 0.25) is 0 Å². The van der Waals surface area contributed by atoms with E-state index in [4.69, 9.17) is 4.98 Å². The fourth-order valence-electron chi connectivity index (χ4n) is 3.50. The summed E-state index contributed by atoms with van der Waals surface area (Å²) >= 11 is 3.44. The zero-order valence-corrected chi connectivity index (χ0v) is 17.4. The predicted molar refractivity (Wildman–Crippen MR) is 108 cm³/mol. The van der Waals surface area contributed by atoms with E-state index in [1.165, 1.54) is 6.92 Å². The van der Waals surface area contributed by atoms with Crippen LogP contribution >= 0.6 is 15.9 Å². The summed E-state index contributed by atoms with van der Waals surface area (Å²) in [6, 6.07) is 7.38. The number of nitrogens with zero attached hydrogens (tertiary/aromatic N) is 2. The molecular formula is C20H25BrN4O2. The van der Waals surface area contributed by atoms with Crippen molar-refractivity contribution in [2.45, 2.75) is 45.7 Å². The first-order chi connectivity index (χ1) is 12.9. The molecule has 1 aliphatic heterocycles. The van der Waals surface area contributed by atoms with Gasteiger partial charge in [0.2, 0.25) is 11.8 Å². The van der Waals surface area contributed by atoms with Crippen molar-refractivity contribution in [1.82, 2.24) is 20.2 Å². The molecule has 1 aliphatic rings. The molecule has 144 valence electrons. The molecule has 2 amide bonds. The zero-order chi connectivity index (χ0) is 19.6. The Morgan fingerprint density at radius 1 is 1.30 bits per heavy atom. The van der Waals surface area contributed by atoms with Crippen LogP contribution in [-0.4, -0.2) is 39.3 Å². The van der Waals surface area contributed by atoms with Gasteiger partial charge in [-0.05, 0) is 30.9 Å². The van der Waals surface area contributed by atoms with Crippen LogP contribution in [-0.2, 0) is 9.59 Å². The molecule has 3 rings (SSSR count). The second-order valence-electron chi connectivity index (χ2n) is 7.29. The number of aromatic amines is 1. The average Bonchev–Trinajstić information content (AvgIpc) is 3.28. The van der Waals surface area contributed by atoms with Gasteiger partial charge in [-0.2, -0.15) is 0 Å². The number of hydrogen-bond acceptors (Lipinski definition) is 3. The lowest BCUT2D eigenvalue weighted by atomic mass is 10.0. The number of benzene rings is 1. The zero-order valence-electron chi connectivity index (χ0n) is 15.8. The molecule has 6 nitrogen and oxygen atoms in total. The number of H-pyrrole nitrogens is 1. The Kier molecular flexibility index (Phi) is 5.99. The van der Waals surface area contributed by atoms with E-state index >= 15 is 0 Å². The normalized spacial score (nSPS) is 18.0. The molecule has 0 spiro atoms. The molecule has 0 bridgehead atoms. The summed E-state index contributed by atoms with van der Waals surface area (Å²) in [5.74, 6) is 0.597. The number of hydrogen-bond donors (Lipinski definition) is 2. The van der Waals surface area contributed by atoms with Crippen molar-refractivity contribution in [2.75, 3.05) is 6.54 Å². The van der Waals surface area contributed by atoms with Gasteiger partial charge in [0.1, 0.15) is 11.9 Å². The Hall–Kier alpha value is -2.15. The van der Waals surface area contributed by atoms with Crippen molar-refractivity contribution in [1.29, 1.82) is 0 Å². The van der Waals surface area contributed by atoms with E-state index in [0.717, 1.165) is 34.4 Å². The summed E-state index contributed by atoms with van der Waals surface area (Å²) in [6.07, 6.45) is 3.67. The molecule has 2 heterocycles. The first kappa shape index (κ1) is 19.6. The number of likely N-dealkylation sites (tertiary alicyclic amines) is 1. The molecule has 1 aromatic carbocycles. The summed E-state index contributed by atoms with van der Waals surface area (Å²) in [5.41, 5.74) is 1.88. The van der Waals surface area contributed by atoms with Gasteiger partial charge in [0.25, 0.3) is 0 Å². The van der Waals surface area contributed by atoms with E-state index in [0.29, 0.717) is 6.54 Å². The van der Waals surface area contributed by atoms with Gasteiger partial charge in [-0.3, -0.25) is 9.59 Å². The van der Waals surface area contributed by atoms with Crippen LogP contribution in [0.3, 0.4) is 0 Å². The lowest BCUT2D eigenvalue weighted by Gasteiger charge is -2.30. The van der Waals surface area contributed by atoms with Gasteiger partial charge < -0.3 is 15.2 Å². The first-order valence-corrected chi connectivity index (χ1v) is 10.0. The second kappa shape index (κ2) is 8.25. The Bertz CT molecular complexity index is 816. The molecule has 1 saturated heterocycles. The van der Waals surface area contributed by atoms with Crippen molar-refractivity contribution in [2.24, 2.45) is 5.92 Å². The van der Waals surface area contributed by atoms with Gasteiger partial charge in [-0.1, -0.05) is 41.9 Å². The topological polar surface area (TPSA) is 78.1 Å². The van der Waals surface area contributed by atoms with Gasteiger partial charge in [0.15, 0.2) is 0 Å². The number of amides is 2. The molecule has 0 saturated carbocycles. The maximum absolute atomic E-state index is 13.1. The molecule has 2 atom stereocenters. The van der Waals surface area contributed by atoms with Crippen LogP contribution in [0, 0.1) is 5.92 Å². The molecular weight excluding hydrogens is 408 g/mol. The number of halogens is 1. The fraction of sp³-hybridized carbons (Fsp3) is 0.450. The van der Waals surface area contributed by atoms with Crippen molar-refractivity contribution >= 4 is 27.7 Å². The van der Waals surface area contributed by atoms with Gasteiger partial charge in [-0.15, -0.1) is 0 Å². The molecule has 2 N–H and O–H groups in total. The van der Waals surface area contributed by atoms with Crippen molar-refractivity contribution in [3.8, 4) is 11.3 Å². The van der Waals surface area contributed by atoms with Gasteiger partial charge in [0, 0.05) is 29.7 Å². The van der Waals surface area contributed by atoms with Crippen LogP contribution in [0.1, 0.15) is 45.5 Å². The van der Waals surface area contributed by atoms with Crippen LogP contribution in [0.4, 0.5) is 0 Å². The number of carbonyl (C=O) groups is 2. The largest absolute Gasteiger partial charge is 0.346 e. The summed E-state index contributed by atoms with van der Waals surface area (Å²) < 4.78 is 1.02. The van der Waals surface area contributed by atoms with Gasteiger partial charge >= 0.3 is 0 Å². The summed E-state index contributed by atoms with van der Waals surface area (Å²) in [5, 5.41) is 2.80. The number of nitrogens with one attached hydrogen (secondary N) is 2. The molecule has 2 aromatic rings. The highest BCUT2D eigenvalue weighted by atomic mass is 79.9. The van der Waals surface area contributed by atoms with E-state index in [1.54, 1.807) is 0 Å². The minimum absolute atomic E-state index is 0.0255. The maximum Gasteiger partial charge on any atom is 0.246 e. The van der Waals surface area contributed by atoms with Crippen LogP contribution in [0.5, 0.6) is 0 Å². The van der Waals surface area contributed by atoms with Crippen LogP contribution in [0.25, 0.3) is 11.3 Å². The summed E-state index contributed by atoms with van der Waals surface area (Å²) in [6.45, 7) is 6.02. The Morgan fingerprint density at radius 3 is 2.63 bits per heavy atom. The monoisotopic (exact) mass is 432 g/mol. The minimum Gasteiger partial charge on any atom is -0.346 e. The Labute approximate surface area is 167 Å². The van der Waals surface area contributed by atoms with Gasteiger partial charge in [0.05, 0.1) is 11.7 Å². The molecule has 27 heavy (non-hydrogen) atoms. The number of imidazole rings is 1. The molecule has 1 fully saturated rings. The van der Waals surface area contributed by atoms with Crippen LogP contribution in [0.15, 0.2) is 34.9 Å². The second-order valence-corrected chi connectivity index (χ2v) is 8.21. The van der Waals surface area contributed by atoms with Crippen molar-refractivity contribution in [3.63, 3.8) is 0 Å². The molecule has 0 aliphatic carbocycles. The highest BCUT2D eigenvalue weighted by Crippen LogP contribution is 2.32. The lowest BCUT2D eigenvalue weighted by molar-refractivity contribution is -0.138. The third-order valence-corrected chi connectivity index (χ3v) is 5.41. The summed E-state index contributed by atoms with van der Waals surface area (Å²) in [4.78, 5) is 34.4. The third-order valence-electron chi connectivity index (χ3n) is 4.88. The number of aromatic nitrogens is 2. The lowest BCUT2D eigenvalue weighted by Crippen LogP contribution is -2.50. The molecule has 0 unspecified atom stereocenters. The molecule has 1 aromatic heterocycles. The van der Waals surface area contributed by atoms with Crippen LogP contribution < -0.4 is 5.32 Å². The van der Waals surface area contributed by atoms with Gasteiger partial charge in [-0.25, -0.2) is 4.98 Å². The SMILES string of the molecule is CC(=O)N[C@H](C(=O)N1CCC[C@H]1c1nc(-c2ccc(Br)cc2)c[nH]1)C(C)C. The average molecular weight is 433 g/mol. The Balaban J connectivity index is 1.81. The number of rotatable bonds is 5. The number of carbonyl (C=O) groups excluding carboxylic acids is 2.